The van der Waals surface area contributed by atoms with Crippen LogP contribution < -0.4 is 10.2 Å². The maximum atomic E-state index is 12.2. The maximum Gasteiger partial charge on any atom is 0.251 e. The number of carbonyl (C=O) groups excluding carboxylic acids is 1. The third kappa shape index (κ3) is 3.99. The van der Waals surface area contributed by atoms with Crippen molar-refractivity contribution in [2.24, 2.45) is 0 Å². The van der Waals surface area contributed by atoms with Gasteiger partial charge in [0.2, 0.25) is 0 Å². The summed E-state index contributed by atoms with van der Waals surface area (Å²) < 4.78 is 5.37. The van der Waals surface area contributed by atoms with Crippen molar-refractivity contribution in [3.63, 3.8) is 0 Å². The predicted molar refractivity (Wildman–Crippen MR) is 87.2 cm³/mol. The number of hydrogen-bond donors (Lipinski definition) is 1. The number of carbonyl (C=O) groups is 1. The largest absolute Gasteiger partial charge is 0.378 e. The van der Waals surface area contributed by atoms with Gasteiger partial charge in [-0.25, -0.2) is 0 Å². The molecule has 1 aromatic rings. The Hall–Kier alpha value is -1.52. The monoisotopic (exact) mass is 308 g/mol. The van der Waals surface area contributed by atoms with E-state index >= 15 is 0 Å². The van der Waals surface area contributed by atoms with Crippen LogP contribution in [0.1, 0.15) is 20.3 Å². The first-order valence-electron chi connectivity index (χ1n) is 7.22. The second-order valence-electron chi connectivity index (χ2n) is 4.98. The molecule has 1 aromatic carbocycles. The van der Waals surface area contributed by atoms with Gasteiger partial charge < -0.3 is 15.0 Å². The molecule has 4 nitrogen and oxygen atoms in total. The van der Waals surface area contributed by atoms with Crippen molar-refractivity contribution in [1.29, 1.82) is 0 Å². The lowest BCUT2D eigenvalue weighted by Crippen LogP contribution is -2.37. The highest BCUT2D eigenvalue weighted by Crippen LogP contribution is 2.34. The molecule has 0 aromatic heterocycles. The number of ether oxygens (including phenoxy) is 1. The van der Waals surface area contributed by atoms with Crippen LogP contribution in [0.25, 0.3) is 0 Å². The first kappa shape index (κ1) is 15.9. The molecule has 21 heavy (non-hydrogen) atoms. The second-order valence-corrected chi connectivity index (χ2v) is 5.39. The van der Waals surface area contributed by atoms with E-state index in [0.29, 0.717) is 23.8 Å². The quantitative estimate of drug-likeness (QED) is 0.866. The Labute approximate surface area is 130 Å². The average molecular weight is 309 g/mol. The Bertz CT molecular complexity index is 537. The summed E-state index contributed by atoms with van der Waals surface area (Å²) >= 11 is 6.34. The third-order valence-electron chi connectivity index (χ3n) is 3.43. The minimum Gasteiger partial charge on any atom is -0.378 e. The van der Waals surface area contributed by atoms with Gasteiger partial charge in [-0.05, 0) is 25.5 Å². The number of benzene rings is 1. The van der Waals surface area contributed by atoms with Crippen LogP contribution in [0.5, 0.6) is 0 Å². The van der Waals surface area contributed by atoms with E-state index in [4.69, 9.17) is 16.3 Å². The molecule has 0 spiro atoms. The van der Waals surface area contributed by atoms with E-state index in [1.165, 1.54) is 0 Å². The van der Waals surface area contributed by atoms with E-state index in [1.807, 2.05) is 38.1 Å². The molecule has 1 saturated heterocycles. The van der Waals surface area contributed by atoms with Gasteiger partial charge >= 0.3 is 0 Å². The molecular weight excluding hydrogens is 288 g/mol. The summed E-state index contributed by atoms with van der Waals surface area (Å²) in [6.07, 6.45) is 2.75. The minimum absolute atomic E-state index is 0.0892. The second kappa shape index (κ2) is 7.48. The third-order valence-corrected chi connectivity index (χ3v) is 3.74. The zero-order valence-electron chi connectivity index (χ0n) is 12.5. The van der Waals surface area contributed by atoms with Gasteiger partial charge in [-0.1, -0.05) is 30.7 Å². The van der Waals surface area contributed by atoms with Gasteiger partial charge in [0.15, 0.2) is 0 Å². The summed E-state index contributed by atoms with van der Waals surface area (Å²) in [6.45, 7) is 6.72. The molecule has 1 aliphatic rings. The standard InChI is InChI=1S/C16H21ClN2O2/c1-3-5-12(2)16(20)18-14-7-4-6-13(17)15(14)19-8-10-21-11-9-19/h4-7H,3,8-11H2,1-2H3,(H,18,20)/b12-5-. The molecule has 0 bridgehead atoms. The van der Waals surface area contributed by atoms with E-state index in [-0.39, 0.29) is 5.91 Å². The first-order valence-corrected chi connectivity index (χ1v) is 7.60. The Morgan fingerprint density at radius 3 is 2.81 bits per heavy atom. The summed E-state index contributed by atoms with van der Waals surface area (Å²) in [7, 11) is 0. The minimum atomic E-state index is -0.0892. The Morgan fingerprint density at radius 2 is 2.14 bits per heavy atom. The molecule has 1 aliphatic heterocycles. The van der Waals surface area contributed by atoms with E-state index in [1.54, 1.807) is 0 Å². The number of rotatable bonds is 4. The molecule has 0 unspecified atom stereocenters. The van der Waals surface area contributed by atoms with Crippen LogP contribution in [-0.2, 0) is 9.53 Å². The summed E-state index contributed by atoms with van der Waals surface area (Å²) in [4.78, 5) is 14.3. The van der Waals surface area contributed by atoms with Gasteiger partial charge in [-0.15, -0.1) is 0 Å². The molecule has 114 valence electrons. The van der Waals surface area contributed by atoms with Crippen LogP contribution in [0, 0.1) is 0 Å². The van der Waals surface area contributed by atoms with Gasteiger partial charge in [0.05, 0.1) is 29.6 Å². The highest BCUT2D eigenvalue weighted by Gasteiger charge is 2.19. The summed E-state index contributed by atoms with van der Waals surface area (Å²) in [5, 5.41) is 3.60. The molecule has 0 radical (unpaired) electrons. The van der Waals surface area contributed by atoms with Crippen molar-refractivity contribution in [3.05, 3.63) is 34.9 Å². The summed E-state index contributed by atoms with van der Waals surface area (Å²) in [5.74, 6) is -0.0892. The number of hydrogen-bond acceptors (Lipinski definition) is 3. The van der Waals surface area contributed by atoms with Crippen LogP contribution in [0.3, 0.4) is 0 Å². The van der Waals surface area contributed by atoms with E-state index in [0.717, 1.165) is 30.9 Å². The molecule has 1 heterocycles. The van der Waals surface area contributed by atoms with Crippen molar-refractivity contribution >= 4 is 28.9 Å². The van der Waals surface area contributed by atoms with E-state index in [9.17, 15) is 4.79 Å². The zero-order valence-corrected chi connectivity index (χ0v) is 13.2. The van der Waals surface area contributed by atoms with Gasteiger partial charge in [0.25, 0.3) is 5.91 Å². The molecule has 1 amide bonds. The lowest BCUT2D eigenvalue weighted by atomic mass is 10.2. The normalized spacial score (nSPS) is 16.0. The van der Waals surface area contributed by atoms with Gasteiger partial charge in [-0.3, -0.25) is 4.79 Å². The average Bonchev–Trinajstić information content (AvgIpc) is 2.48. The molecule has 0 saturated carbocycles. The number of allylic oxidation sites excluding steroid dienone is 1. The van der Waals surface area contributed by atoms with Crippen molar-refractivity contribution in [1.82, 2.24) is 0 Å². The molecule has 5 heteroatoms. The van der Waals surface area contributed by atoms with E-state index < -0.39 is 0 Å². The van der Waals surface area contributed by atoms with E-state index in [2.05, 4.69) is 10.2 Å². The van der Waals surface area contributed by atoms with Crippen molar-refractivity contribution in [2.45, 2.75) is 20.3 Å². The highest BCUT2D eigenvalue weighted by atomic mass is 35.5. The number of amides is 1. The molecule has 2 rings (SSSR count). The van der Waals surface area contributed by atoms with Crippen molar-refractivity contribution in [2.75, 3.05) is 36.5 Å². The fraction of sp³-hybridized carbons (Fsp3) is 0.438. The van der Waals surface area contributed by atoms with Gasteiger partial charge in [0, 0.05) is 18.7 Å². The maximum absolute atomic E-state index is 12.2. The van der Waals surface area contributed by atoms with Crippen LogP contribution in [0.2, 0.25) is 5.02 Å². The highest BCUT2D eigenvalue weighted by molar-refractivity contribution is 6.34. The van der Waals surface area contributed by atoms with Crippen molar-refractivity contribution in [3.8, 4) is 0 Å². The Kier molecular flexibility index (Phi) is 5.65. The molecule has 1 N–H and O–H groups in total. The number of nitrogens with one attached hydrogen (secondary N) is 1. The fourth-order valence-corrected chi connectivity index (χ4v) is 2.64. The number of halogens is 1. The van der Waals surface area contributed by atoms with Crippen molar-refractivity contribution < 1.29 is 9.53 Å². The summed E-state index contributed by atoms with van der Waals surface area (Å²) in [5.41, 5.74) is 2.34. The Balaban J connectivity index is 2.25. The SMILES string of the molecule is CC/C=C(/C)C(=O)Nc1cccc(Cl)c1N1CCOCC1. The number of anilines is 2. The van der Waals surface area contributed by atoms with Gasteiger partial charge in [0.1, 0.15) is 0 Å². The van der Waals surface area contributed by atoms with Crippen LogP contribution >= 0.6 is 11.6 Å². The lowest BCUT2D eigenvalue weighted by Gasteiger charge is -2.31. The van der Waals surface area contributed by atoms with Crippen LogP contribution in [0.15, 0.2) is 29.8 Å². The molecule has 1 fully saturated rings. The lowest BCUT2D eigenvalue weighted by molar-refractivity contribution is -0.112. The Morgan fingerprint density at radius 1 is 1.43 bits per heavy atom. The smallest absolute Gasteiger partial charge is 0.251 e. The predicted octanol–water partition coefficient (Wildman–Crippen LogP) is 3.47. The van der Waals surface area contributed by atoms with Gasteiger partial charge in [-0.2, -0.15) is 0 Å². The number of para-hydroxylation sites is 1. The topological polar surface area (TPSA) is 41.6 Å². The fourth-order valence-electron chi connectivity index (χ4n) is 2.34. The first-order chi connectivity index (χ1) is 10.1. The molecule has 0 atom stereocenters. The number of morpholine rings is 1. The molecule has 0 aliphatic carbocycles. The molecular formula is C16H21ClN2O2. The summed E-state index contributed by atoms with van der Waals surface area (Å²) in [6, 6.07) is 5.57. The van der Waals surface area contributed by atoms with Crippen LogP contribution in [0.4, 0.5) is 11.4 Å². The van der Waals surface area contributed by atoms with Crippen LogP contribution in [-0.4, -0.2) is 32.2 Å². The number of nitrogens with zero attached hydrogens (tertiary/aromatic N) is 1. The zero-order chi connectivity index (χ0) is 15.2.